The van der Waals surface area contributed by atoms with E-state index in [9.17, 15) is 0 Å². The van der Waals surface area contributed by atoms with E-state index in [-0.39, 0.29) is 0 Å². The summed E-state index contributed by atoms with van der Waals surface area (Å²) in [5.74, 6) is 0.594. The van der Waals surface area contributed by atoms with Crippen molar-refractivity contribution in [1.82, 2.24) is 24.9 Å². The first kappa shape index (κ1) is 26.5. The maximum Gasteiger partial charge on any atom is 0.179 e. The zero-order chi connectivity index (χ0) is 30.2. The van der Waals surface area contributed by atoms with E-state index in [1.807, 2.05) is 60.7 Å². The predicted octanol–water partition coefficient (Wildman–Crippen LogP) is 9.61. The first-order valence-corrected chi connectivity index (χ1v) is 14.9. The number of rotatable bonds is 5. The van der Waals surface area contributed by atoms with Crippen molar-refractivity contribution in [3.63, 3.8) is 0 Å². The number of hydrogen-bond acceptors (Lipinski definition) is 5. The highest BCUT2D eigenvalue weighted by Gasteiger charge is 2.13. The lowest BCUT2D eigenvalue weighted by Crippen LogP contribution is -1.97. The van der Waals surface area contributed by atoms with Gasteiger partial charge < -0.3 is 0 Å². The zero-order valence-electron chi connectivity index (χ0n) is 24.6. The Kier molecular flexibility index (Phi) is 6.61. The fraction of sp³-hybridized carbons (Fsp3) is 0.0250. The maximum atomic E-state index is 5.16. The van der Waals surface area contributed by atoms with Crippen LogP contribution in [0.15, 0.2) is 146 Å². The molecule has 5 heteroatoms. The molecule has 0 N–H and O–H groups in total. The Morgan fingerprint density at radius 3 is 1.60 bits per heavy atom. The third kappa shape index (κ3) is 5.11. The Morgan fingerprint density at radius 1 is 0.400 bits per heavy atom. The van der Waals surface area contributed by atoms with Crippen LogP contribution in [0.25, 0.3) is 78.4 Å². The number of aromatic nitrogens is 5. The van der Waals surface area contributed by atoms with Crippen molar-refractivity contribution in [3.8, 4) is 56.5 Å². The number of nitrogens with zero attached hydrogens (tertiary/aromatic N) is 5. The summed E-state index contributed by atoms with van der Waals surface area (Å²) in [7, 11) is 0. The SMILES string of the molecule is Cc1cc(-c2ccccc2)nc2c1ccc1ccc(-c3ccc(-c4cc(-c5ccccc5)nc(-c5ccccn5)n4)cc3)nc12. The molecule has 4 aromatic carbocycles. The zero-order valence-corrected chi connectivity index (χ0v) is 24.6. The van der Waals surface area contributed by atoms with Gasteiger partial charge in [-0.1, -0.05) is 109 Å². The van der Waals surface area contributed by atoms with Crippen LogP contribution in [0, 0.1) is 6.92 Å². The molecule has 8 rings (SSSR count). The predicted molar refractivity (Wildman–Crippen MR) is 182 cm³/mol. The maximum absolute atomic E-state index is 5.16. The van der Waals surface area contributed by atoms with Crippen molar-refractivity contribution in [2.24, 2.45) is 0 Å². The van der Waals surface area contributed by atoms with Crippen LogP contribution in [-0.2, 0) is 0 Å². The van der Waals surface area contributed by atoms with Gasteiger partial charge in [0.1, 0.15) is 5.69 Å². The molecule has 5 nitrogen and oxygen atoms in total. The molecule has 0 spiro atoms. The van der Waals surface area contributed by atoms with Crippen LogP contribution in [0.4, 0.5) is 0 Å². The molecule has 0 amide bonds. The summed E-state index contributed by atoms with van der Waals surface area (Å²) in [5.41, 5.74) is 11.4. The van der Waals surface area contributed by atoms with Crippen molar-refractivity contribution in [3.05, 3.63) is 151 Å². The van der Waals surface area contributed by atoms with E-state index in [1.54, 1.807) is 6.20 Å². The van der Waals surface area contributed by atoms with Gasteiger partial charge in [0.2, 0.25) is 0 Å². The van der Waals surface area contributed by atoms with Gasteiger partial charge in [-0.15, -0.1) is 0 Å². The van der Waals surface area contributed by atoms with Gasteiger partial charge in [-0.05, 0) is 42.8 Å². The van der Waals surface area contributed by atoms with Crippen LogP contribution in [-0.4, -0.2) is 24.9 Å². The molecular formula is C40H27N5. The summed E-state index contributed by atoms with van der Waals surface area (Å²) in [4.78, 5) is 24.6. The molecule has 0 bridgehead atoms. The van der Waals surface area contributed by atoms with Crippen LogP contribution < -0.4 is 0 Å². The number of aryl methyl sites for hydroxylation is 1. The Bertz CT molecular complexity index is 2240. The largest absolute Gasteiger partial charge is 0.253 e. The first-order valence-electron chi connectivity index (χ1n) is 14.9. The molecule has 0 aliphatic carbocycles. The Hall–Kier alpha value is -6.07. The summed E-state index contributed by atoms with van der Waals surface area (Å²) in [5, 5.41) is 2.18. The van der Waals surface area contributed by atoms with Gasteiger partial charge in [-0.2, -0.15) is 0 Å². The van der Waals surface area contributed by atoms with Crippen LogP contribution in [0.1, 0.15) is 5.56 Å². The first-order chi connectivity index (χ1) is 22.2. The highest BCUT2D eigenvalue weighted by molar-refractivity contribution is 6.05. The Morgan fingerprint density at radius 2 is 0.956 bits per heavy atom. The molecular weight excluding hydrogens is 550 g/mol. The Labute approximate surface area is 261 Å². The monoisotopic (exact) mass is 577 g/mol. The van der Waals surface area contributed by atoms with E-state index in [0.717, 1.165) is 72.5 Å². The van der Waals surface area contributed by atoms with E-state index in [4.69, 9.17) is 19.9 Å². The standard InChI is InChI=1S/C40H27N5/c1-26-24-35(27-10-4-2-5-11-27)43-39-32(26)21-19-31-20-22-33(42-38(31)39)29-15-17-30(18-16-29)37-25-36(28-12-6-3-7-13-28)44-40(45-37)34-14-8-9-23-41-34/h2-25H,1H3. The molecule has 0 atom stereocenters. The molecule has 45 heavy (non-hydrogen) atoms. The molecule has 0 saturated heterocycles. The molecule has 0 aliphatic heterocycles. The van der Waals surface area contributed by atoms with Gasteiger partial charge >= 0.3 is 0 Å². The van der Waals surface area contributed by atoms with E-state index < -0.39 is 0 Å². The second kappa shape index (κ2) is 11.2. The minimum absolute atomic E-state index is 0.594. The van der Waals surface area contributed by atoms with Gasteiger partial charge in [0, 0.05) is 39.2 Å². The average molecular weight is 578 g/mol. The number of fused-ring (bicyclic) bond motifs is 3. The van der Waals surface area contributed by atoms with Crippen molar-refractivity contribution in [2.75, 3.05) is 0 Å². The molecule has 8 aromatic rings. The highest BCUT2D eigenvalue weighted by atomic mass is 14.9. The molecule has 0 fully saturated rings. The molecule has 0 saturated carbocycles. The molecule has 4 heterocycles. The topological polar surface area (TPSA) is 64.5 Å². The van der Waals surface area contributed by atoms with E-state index in [2.05, 4.69) is 90.8 Å². The van der Waals surface area contributed by atoms with E-state index >= 15 is 0 Å². The van der Waals surface area contributed by atoms with Crippen LogP contribution >= 0.6 is 0 Å². The fourth-order valence-corrected chi connectivity index (χ4v) is 5.73. The van der Waals surface area contributed by atoms with E-state index in [1.165, 1.54) is 5.56 Å². The lowest BCUT2D eigenvalue weighted by Gasteiger charge is -2.11. The quantitative estimate of drug-likeness (QED) is 0.191. The van der Waals surface area contributed by atoms with Crippen molar-refractivity contribution in [2.45, 2.75) is 6.92 Å². The van der Waals surface area contributed by atoms with Crippen molar-refractivity contribution in [1.29, 1.82) is 0 Å². The third-order valence-electron chi connectivity index (χ3n) is 8.08. The van der Waals surface area contributed by atoms with Crippen LogP contribution in [0.5, 0.6) is 0 Å². The summed E-state index contributed by atoms with van der Waals surface area (Å²) in [6.07, 6.45) is 1.77. The van der Waals surface area contributed by atoms with Crippen molar-refractivity contribution >= 4 is 21.8 Å². The molecule has 0 aliphatic rings. The summed E-state index contributed by atoms with van der Waals surface area (Å²) < 4.78 is 0. The van der Waals surface area contributed by atoms with Crippen LogP contribution in [0.2, 0.25) is 0 Å². The second-order valence-corrected chi connectivity index (χ2v) is 11.0. The van der Waals surface area contributed by atoms with Gasteiger partial charge in [-0.25, -0.2) is 19.9 Å². The lowest BCUT2D eigenvalue weighted by molar-refractivity contribution is 1.15. The fourth-order valence-electron chi connectivity index (χ4n) is 5.73. The number of benzene rings is 4. The third-order valence-corrected chi connectivity index (χ3v) is 8.08. The number of pyridine rings is 3. The van der Waals surface area contributed by atoms with E-state index in [0.29, 0.717) is 5.82 Å². The smallest absolute Gasteiger partial charge is 0.179 e. The van der Waals surface area contributed by atoms with Crippen molar-refractivity contribution < 1.29 is 0 Å². The second-order valence-electron chi connectivity index (χ2n) is 11.0. The van der Waals surface area contributed by atoms with Gasteiger partial charge in [0.25, 0.3) is 0 Å². The normalized spacial score (nSPS) is 11.2. The molecule has 4 aromatic heterocycles. The molecule has 212 valence electrons. The Balaban J connectivity index is 1.20. The molecule has 0 radical (unpaired) electrons. The minimum atomic E-state index is 0.594. The average Bonchev–Trinajstić information content (AvgIpc) is 3.12. The van der Waals surface area contributed by atoms with Gasteiger partial charge in [-0.3, -0.25) is 4.98 Å². The lowest BCUT2D eigenvalue weighted by atomic mass is 10.0. The minimum Gasteiger partial charge on any atom is -0.253 e. The highest BCUT2D eigenvalue weighted by Crippen LogP contribution is 2.32. The van der Waals surface area contributed by atoms with Gasteiger partial charge in [0.15, 0.2) is 5.82 Å². The molecule has 0 unspecified atom stereocenters. The summed E-state index contributed by atoms with van der Waals surface area (Å²) >= 11 is 0. The van der Waals surface area contributed by atoms with Gasteiger partial charge in [0.05, 0.1) is 33.8 Å². The summed E-state index contributed by atoms with van der Waals surface area (Å²) in [6, 6.07) is 47.3. The summed E-state index contributed by atoms with van der Waals surface area (Å²) in [6.45, 7) is 2.14. The number of hydrogen-bond donors (Lipinski definition) is 0. The van der Waals surface area contributed by atoms with Crippen LogP contribution in [0.3, 0.4) is 0 Å².